The van der Waals surface area contributed by atoms with Crippen LogP contribution in [0.25, 0.3) is 0 Å². The smallest absolute Gasteiger partial charge is 0.248 e. The van der Waals surface area contributed by atoms with Gasteiger partial charge >= 0.3 is 0 Å². The predicted octanol–water partition coefficient (Wildman–Crippen LogP) is 1.26. The number of nitrogens with two attached hydrogens (primary N) is 1. The largest absolute Gasteiger partial charge is 0.366 e. The van der Waals surface area contributed by atoms with Gasteiger partial charge in [-0.15, -0.1) is 0 Å². The first kappa shape index (κ1) is 12.1. The molecule has 0 aliphatic carbocycles. The second-order valence-corrected chi connectivity index (χ2v) is 3.64. The van der Waals surface area contributed by atoms with Gasteiger partial charge in [0.15, 0.2) is 5.78 Å². The molecule has 0 aliphatic rings. The van der Waals surface area contributed by atoms with Gasteiger partial charge in [-0.3, -0.25) is 14.4 Å². The van der Waals surface area contributed by atoms with Crippen LogP contribution in [0.3, 0.4) is 0 Å². The van der Waals surface area contributed by atoms with Crippen LogP contribution in [0.5, 0.6) is 0 Å². The summed E-state index contributed by atoms with van der Waals surface area (Å²) < 4.78 is 0. The van der Waals surface area contributed by atoms with E-state index in [0.717, 1.165) is 0 Å². The number of carbonyl (C=O) groups excluding carboxylic acids is 3. The Balaban J connectivity index is 3.15. The fourth-order valence-electron chi connectivity index (χ4n) is 1.53. The molecule has 84 valence electrons. The van der Waals surface area contributed by atoms with Gasteiger partial charge in [0, 0.05) is 11.1 Å². The summed E-state index contributed by atoms with van der Waals surface area (Å²) in [6.45, 7) is 3.00. The first-order valence-corrected chi connectivity index (χ1v) is 4.85. The van der Waals surface area contributed by atoms with E-state index in [1.54, 1.807) is 25.1 Å². The molecule has 0 radical (unpaired) electrons. The molecule has 16 heavy (non-hydrogen) atoms. The van der Waals surface area contributed by atoms with Gasteiger partial charge in [0.25, 0.3) is 0 Å². The van der Waals surface area contributed by atoms with Crippen LogP contribution in [0.15, 0.2) is 18.2 Å². The van der Waals surface area contributed by atoms with Gasteiger partial charge in [0.1, 0.15) is 5.78 Å². The molecule has 1 aromatic rings. The van der Waals surface area contributed by atoms with E-state index in [2.05, 4.69) is 0 Å². The lowest BCUT2D eigenvalue weighted by Gasteiger charge is -2.07. The van der Waals surface area contributed by atoms with Gasteiger partial charge in [-0.1, -0.05) is 12.1 Å². The molecule has 4 heteroatoms. The number of amides is 1. The van der Waals surface area contributed by atoms with Crippen LogP contribution in [0.4, 0.5) is 0 Å². The predicted molar refractivity (Wildman–Crippen MR) is 59.3 cm³/mol. The minimum Gasteiger partial charge on any atom is -0.366 e. The quantitative estimate of drug-likeness (QED) is 0.611. The summed E-state index contributed by atoms with van der Waals surface area (Å²) in [5.74, 6) is -1.06. The van der Waals surface area contributed by atoms with Gasteiger partial charge < -0.3 is 5.73 Å². The van der Waals surface area contributed by atoms with Gasteiger partial charge in [0.05, 0.1) is 6.42 Å². The Morgan fingerprint density at radius 3 is 2.25 bits per heavy atom. The number of benzene rings is 1. The maximum Gasteiger partial charge on any atom is 0.248 e. The fourth-order valence-corrected chi connectivity index (χ4v) is 1.53. The highest BCUT2D eigenvalue weighted by Crippen LogP contribution is 2.15. The third kappa shape index (κ3) is 2.53. The number of hydrogen-bond acceptors (Lipinski definition) is 3. The highest BCUT2D eigenvalue weighted by Gasteiger charge is 2.15. The van der Waals surface area contributed by atoms with Crippen LogP contribution in [-0.2, 0) is 4.79 Å². The normalized spacial score (nSPS) is 9.88. The molecular weight excluding hydrogens is 206 g/mol. The van der Waals surface area contributed by atoms with Crippen molar-refractivity contribution >= 4 is 17.5 Å². The summed E-state index contributed by atoms with van der Waals surface area (Å²) in [5.41, 5.74) is 6.39. The lowest BCUT2D eigenvalue weighted by molar-refractivity contribution is -0.116. The molecule has 4 nitrogen and oxygen atoms in total. The van der Waals surface area contributed by atoms with Crippen molar-refractivity contribution in [3.63, 3.8) is 0 Å². The molecule has 0 heterocycles. The van der Waals surface area contributed by atoms with Gasteiger partial charge in [-0.25, -0.2) is 0 Å². The molecule has 2 N–H and O–H groups in total. The van der Waals surface area contributed by atoms with E-state index in [0.29, 0.717) is 16.7 Å². The van der Waals surface area contributed by atoms with Crippen LogP contribution < -0.4 is 5.73 Å². The Hall–Kier alpha value is -1.97. The Morgan fingerprint density at radius 1 is 1.19 bits per heavy atom. The Labute approximate surface area is 93.4 Å². The Morgan fingerprint density at radius 2 is 1.75 bits per heavy atom. The van der Waals surface area contributed by atoms with Gasteiger partial charge in [-0.2, -0.15) is 0 Å². The summed E-state index contributed by atoms with van der Waals surface area (Å²) >= 11 is 0. The van der Waals surface area contributed by atoms with E-state index in [1.807, 2.05) is 0 Å². The molecular formula is C12H13NO3. The summed E-state index contributed by atoms with van der Waals surface area (Å²) in [5, 5.41) is 0. The molecule has 0 unspecified atom stereocenters. The molecule has 0 aliphatic heterocycles. The van der Waals surface area contributed by atoms with Crippen molar-refractivity contribution in [1.82, 2.24) is 0 Å². The average molecular weight is 219 g/mol. The first-order valence-electron chi connectivity index (χ1n) is 4.85. The first-order chi connectivity index (χ1) is 7.43. The monoisotopic (exact) mass is 219 g/mol. The third-order valence-corrected chi connectivity index (χ3v) is 2.31. The van der Waals surface area contributed by atoms with Crippen molar-refractivity contribution in [3.05, 3.63) is 34.9 Å². The van der Waals surface area contributed by atoms with Gasteiger partial charge in [-0.05, 0) is 25.5 Å². The molecule has 1 rings (SSSR count). The zero-order valence-electron chi connectivity index (χ0n) is 9.24. The lowest BCUT2D eigenvalue weighted by Crippen LogP contribution is -2.15. The van der Waals surface area contributed by atoms with E-state index in [9.17, 15) is 14.4 Å². The van der Waals surface area contributed by atoms with E-state index in [-0.39, 0.29) is 18.0 Å². The van der Waals surface area contributed by atoms with Crippen molar-refractivity contribution in [1.29, 1.82) is 0 Å². The topological polar surface area (TPSA) is 77.2 Å². The number of hydrogen-bond donors (Lipinski definition) is 1. The van der Waals surface area contributed by atoms with Crippen molar-refractivity contribution in [2.24, 2.45) is 5.73 Å². The van der Waals surface area contributed by atoms with Crippen molar-refractivity contribution in [3.8, 4) is 0 Å². The lowest BCUT2D eigenvalue weighted by atomic mass is 9.97. The van der Waals surface area contributed by atoms with Crippen molar-refractivity contribution < 1.29 is 14.4 Å². The molecule has 1 aromatic carbocycles. The molecule has 1 amide bonds. The zero-order valence-corrected chi connectivity index (χ0v) is 9.24. The Kier molecular flexibility index (Phi) is 3.55. The van der Waals surface area contributed by atoms with E-state index in [1.165, 1.54) is 6.92 Å². The number of rotatable bonds is 4. The van der Waals surface area contributed by atoms with Crippen molar-refractivity contribution in [2.45, 2.75) is 20.3 Å². The molecule has 0 aromatic heterocycles. The molecule has 0 saturated carbocycles. The number of ketones is 2. The Bertz CT molecular complexity index is 463. The molecule has 0 fully saturated rings. The van der Waals surface area contributed by atoms with Crippen LogP contribution in [0.2, 0.25) is 0 Å². The van der Waals surface area contributed by atoms with Crippen LogP contribution in [0.1, 0.15) is 39.6 Å². The maximum absolute atomic E-state index is 11.7. The highest BCUT2D eigenvalue weighted by atomic mass is 16.2. The third-order valence-electron chi connectivity index (χ3n) is 2.31. The average Bonchev–Trinajstić information content (AvgIpc) is 2.16. The molecule has 0 atom stereocenters. The van der Waals surface area contributed by atoms with Crippen LogP contribution >= 0.6 is 0 Å². The van der Waals surface area contributed by atoms with Gasteiger partial charge in [0.2, 0.25) is 5.91 Å². The standard InChI is InChI=1S/C12H13NO3/c1-7(14)6-11(15)9-4-3-5-10(8(9)2)12(13)16/h3-5H,6H2,1-2H3,(H2,13,16). The molecule has 0 bridgehead atoms. The SMILES string of the molecule is CC(=O)CC(=O)c1cccc(C(N)=O)c1C. The maximum atomic E-state index is 11.7. The summed E-state index contributed by atoms with van der Waals surface area (Å²) in [7, 11) is 0. The highest BCUT2D eigenvalue weighted by molar-refractivity contribution is 6.09. The number of primary amides is 1. The van der Waals surface area contributed by atoms with Crippen LogP contribution in [-0.4, -0.2) is 17.5 Å². The molecule has 0 saturated heterocycles. The second kappa shape index (κ2) is 4.70. The fraction of sp³-hybridized carbons (Fsp3) is 0.250. The van der Waals surface area contributed by atoms with E-state index >= 15 is 0 Å². The second-order valence-electron chi connectivity index (χ2n) is 3.64. The summed E-state index contributed by atoms with van der Waals surface area (Å²) in [6.07, 6.45) is -0.150. The van der Waals surface area contributed by atoms with E-state index < -0.39 is 5.91 Å². The van der Waals surface area contributed by atoms with E-state index in [4.69, 9.17) is 5.73 Å². The number of Topliss-reactive ketones (excluding diaryl/α,β-unsaturated/α-hetero) is 2. The molecule has 0 spiro atoms. The summed E-state index contributed by atoms with van der Waals surface area (Å²) in [4.78, 5) is 33.6. The van der Waals surface area contributed by atoms with Crippen molar-refractivity contribution in [2.75, 3.05) is 0 Å². The minimum atomic E-state index is -0.574. The minimum absolute atomic E-state index is 0.150. The van der Waals surface area contributed by atoms with Crippen LogP contribution in [0, 0.1) is 6.92 Å². The zero-order chi connectivity index (χ0) is 12.3. The summed E-state index contributed by atoms with van der Waals surface area (Å²) in [6, 6.07) is 4.73. The number of carbonyl (C=O) groups is 3.